The maximum absolute atomic E-state index is 11.5. The Bertz CT molecular complexity index is 1220. The monoisotopic (exact) mass is 510 g/mol. The Hall–Kier alpha value is -4.14. The first-order valence-corrected chi connectivity index (χ1v) is 11.9. The number of benzene rings is 2. The Morgan fingerprint density at radius 1 is 0.973 bits per heavy atom. The molecule has 2 unspecified atom stereocenters. The van der Waals surface area contributed by atoms with Crippen molar-refractivity contribution in [1.82, 2.24) is 4.98 Å². The number of ether oxygens (including phenoxy) is 4. The number of carbonyl (C=O) groups is 3. The van der Waals surface area contributed by atoms with Crippen LogP contribution in [0.3, 0.4) is 0 Å². The third-order valence-corrected chi connectivity index (χ3v) is 5.31. The fourth-order valence-electron chi connectivity index (χ4n) is 3.59. The van der Waals surface area contributed by atoms with Crippen LogP contribution in [0.5, 0.6) is 17.2 Å². The highest BCUT2D eigenvalue weighted by atomic mass is 16.6. The molecule has 1 aromatic heterocycles. The summed E-state index contributed by atoms with van der Waals surface area (Å²) in [6, 6.07) is 15.6. The quantitative estimate of drug-likeness (QED) is 0.411. The molecule has 0 saturated heterocycles. The first kappa shape index (κ1) is 29.1. The first-order valence-electron chi connectivity index (χ1n) is 11.9. The minimum absolute atomic E-state index is 0.0556. The van der Waals surface area contributed by atoms with Gasteiger partial charge in [-0.1, -0.05) is 57.2 Å². The first-order chi connectivity index (χ1) is 17.6. The molecule has 3 aromatic rings. The minimum Gasteiger partial charge on any atom is -0.493 e. The van der Waals surface area contributed by atoms with E-state index in [2.05, 4.69) is 31.0 Å². The molecule has 0 aliphatic heterocycles. The number of hydrogen-bond donors (Lipinski definition) is 1. The van der Waals surface area contributed by atoms with E-state index in [9.17, 15) is 14.4 Å². The third kappa shape index (κ3) is 8.20. The maximum Gasteiger partial charge on any atom is 0.308 e. The largest absolute Gasteiger partial charge is 0.493 e. The van der Waals surface area contributed by atoms with Crippen LogP contribution in [-0.2, 0) is 14.3 Å². The van der Waals surface area contributed by atoms with E-state index in [0.717, 1.165) is 16.5 Å². The summed E-state index contributed by atoms with van der Waals surface area (Å²) in [5, 5.41) is 2.21. The molecule has 0 aliphatic rings. The van der Waals surface area contributed by atoms with Crippen molar-refractivity contribution >= 4 is 28.6 Å². The topological polar surface area (TPSA) is 127 Å². The summed E-state index contributed by atoms with van der Waals surface area (Å²) in [4.78, 5) is 37.0. The Morgan fingerprint density at radius 3 is 2.24 bits per heavy atom. The molecule has 198 valence electrons. The summed E-state index contributed by atoms with van der Waals surface area (Å²) >= 11 is 0. The highest BCUT2D eigenvalue weighted by molar-refractivity contribution is 5.95. The lowest BCUT2D eigenvalue weighted by Gasteiger charge is -2.28. The van der Waals surface area contributed by atoms with Crippen LogP contribution in [0.1, 0.15) is 51.5 Å². The number of amides is 1. The lowest BCUT2D eigenvalue weighted by molar-refractivity contribution is -0.153. The van der Waals surface area contributed by atoms with Gasteiger partial charge in [0.1, 0.15) is 18.0 Å². The molecular formula is C28H34N2O7. The molecule has 0 radical (unpaired) electrons. The molecule has 0 bridgehead atoms. The van der Waals surface area contributed by atoms with Gasteiger partial charge in [-0.2, -0.15) is 0 Å². The van der Waals surface area contributed by atoms with Gasteiger partial charge in [-0.15, -0.1) is 0 Å². The van der Waals surface area contributed by atoms with Gasteiger partial charge in [0.05, 0.1) is 7.11 Å². The van der Waals surface area contributed by atoms with E-state index in [4.69, 9.17) is 24.7 Å². The van der Waals surface area contributed by atoms with E-state index in [-0.39, 0.29) is 41.3 Å². The van der Waals surface area contributed by atoms with E-state index in [1.54, 1.807) is 6.92 Å². The molecule has 9 nitrogen and oxygen atoms in total. The second-order valence-corrected chi connectivity index (χ2v) is 8.50. The Labute approximate surface area is 216 Å². The summed E-state index contributed by atoms with van der Waals surface area (Å²) in [6.45, 7) is 9.05. The zero-order chi connectivity index (χ0) is 27.5. The van der Waals surface area contributed by atoms with Gasteiger partial charge in [0.2, 0.25) is 5.75 Å². The van der Waals surface area contributed by atoms with Crippen LogP contribution >= 0.6 is 0 Å². The fraction of sp³-hybridized carbons (Fsp3) is 0.357. The number of hydrogen-bond acceptors (Lipinski definition) is 8. The molecule has 0 fully saturated rings. The molecule has 2 aromatic carbocycles. The predicted octanol–water partition coefficient (Wildman–Crippen LogP) is 4.70. The van der Waals surface area contributed by atoms with Gasteiger partial charge in [-0.25, -0.2) is 4.98 Å². The molecule has 1 heterocycles. The molecule has 37 heavy (non-hydrogen) atoms. The molecular weight excluding hydrogens is 476 g/mol. The number of rotatable bonds is 9. The Morgan fingerprint density at radius 2 is 1.65 bits per heavy atom. The zero-order valence-electron chi connectivity index (χ0n) is 22.0. The summed E-state index contributed by atoms with van der Waals surface area (Å²) in [6.07, 6.45) is 1.25. The summed E-state index contributed by atoms with van der Waals surface area (Å²) in [5.41, 5.74) is 4.93. The average Bonchev–Trinajstić information content (AvgIpc) is 2.86. The van der Waals surface area contributed by atoms with Crippen LogP contribution in [-0.4, -0.2) is 42.1 Å². The average molecular weight is 511 g/mol. The second kappa shape index (κ2) is 13.8. The van der Waals surface area contributed by atoms with Gasteiger partial charge >= 0.3 is 11.9 Å². The standard InChI is InChI=1S/C19H24O3.C9H10N2O4/c1-5-18(20)21-14(4)19(13(2)3)22-17-12-8-10-15-9-6-7-11-16(15)17;1-5(12)15-8-6(14-2)3-4-11-7(8)9(10)13/h6-14,19H,5H2,1-4H3;3-4H,1-2H3,(H2,10,13). The number of carbonyl (C=O) groups excluding carboxylic acids is 3. The van der Waals surface area contributed by atoms with Crippen LogP contribution in [0.25, 0.3) is 10.8 Å². The number of fused-ring (bicyclic) bond motifs is 1. The normalized spacial score (nSPS) is 12.1. The molecule has 9 heteroatoms. The van der Waals surface area contributed by atoms with Crippen molar-refractivity contribution in [3.63, 3.8) is 0 Å². The number of methoxy groups -OCH3 is 1. The van der Waals surface area contributed by atoms with Crippen LogP contribution < -0.4 is 19.9 Å². The lowest BCUT2D eigenvalue weighted by atomic mass is 10.0. The van der Waals surface area contributed by atoms with E-state index < -0.39 is 11.9 Å². The molecule has 3 rings (SSSR count). The SMILES string of the molecule is CCC(=O)OC(C)C(Oc1cccc2ccccc12)C(C)C.COc1ccnc(C(N)=O)c1OC(C)=O. The van der Waals surface area contributed by atoms with Crippen molar-refractivity contribution in [1.29, 1.82) is 0 Å². The van der Waals surface area contributed by atoms with E-state index >= 15 is 0 Å². The molecule has 0 spiro atoms. The van der Waals surface area contributed by atoms with E-state index in [0.29, 0.717) is 6.42 Å². The smallest absolute Gasteiger partial charge is 0.308 e. The van der Waals surface area contributed by atoms with Crippen LogP contribution in [0.4, 0.5) is 0 Å². The molecule has 2 N–H and O–H groups in total. The summed E-state index contributed by atoms with van der Waals surface area (Å²) in [7, 11) is 1.38. The number of primary amides is 1. The van der Waals surface area contributed by atoms with Crippen LogP contribution in [0.2, 0.25) is 0 Å². The highest BCUT2D eigenvalue weighted by Gasteiger charge is 2.26. The van der Waals surface area contributed by atoms with Gasteiger partial charge in [-0.05, 0) is 24.3 Å². The number of pyridine rings is 1. The molecule has 1 amide bonds. The van der Waals surface area contributed by atoms with Gasteiger partial charge in [0.25, 0.3) is 5.91 Å². The number of esters is 2. The summed E-state index contributed by atoms with van der Waals surface area (Å²) in [5.74, 6) is -0.322. The van der Waals surface area contributed by atoms with Crippen molar-refractivity contribution < 1.29 is 33.3 Å². The van der Waals surface area contributed by atoms with Crippen LogP contribution in [0.15, 0.2) is 54.7 Å². The zero-order valence-corrected chi connectivity index (χ0v) is 22.0. The van der Waals surface area contributed by atoms with Gasteiger partial charge in [0.15, 0.2) is 11.4 Å². The van der Waals surface area contributed by atoms with E-state index in [1.807, 2.05) is 37.3 Å². The predicted molar refractivity (Wildman–Crippen MR) is 140 cm³/mol. The Balaban J connectivity index is 0.000000281. The highest BCUT2D eigenvalue weighted by Crippen LogP contribution is 2.30. The van der Waals surface area contributed by atoms with Crippen molar-refractivity contribution in [3.05, 3.63) is 60.4 Å². The molecule has 0 saturated carbocycles. The third-order valence-electron chi connectivity index (χ3n) is 5.31. The maximum atomic E-state index is 11.5. The van der Waals surface area contributed by atoms with Crippen molar-refractivity contribution in [2.24, 2.45) is 11.7 Å². The van der Waals surface area contributed by atoms with Crippen molar-refractivity contribution in [2.45, 2.75) is 53.2 Å². The minimum atomic E-state index is -0.787. The summed E-state index contributed by atoms with van der Waals surface area (Å²) < 4.78 is 21.4. The van der Waals surface area contributed by atoms with Crippen LogP contribution in [0, 0.1) is 5.92 Å². The van der Waals surface area contributed by atoms with Crippen molar-refractivity contribution in [2.75, 3.05) is 7.11 Å². The number of aromatic nitrogens is 1. The van der Waals surface area contributed by atoms with Gasteiger partial charge < -0.3 is 24.7 Å². The lowest BCUT2D eigenvalue weighted by Crippen LogP contribution is -2.37. The fourth-order valence-corrected chi connectivity index (χ4v) is 3.59. The number of nitrogens with zero attached hydrogens (tertiary/aromatic N) is 1. The van der Waals surface area contributed by atoms with Gasteiger partial charge in [0, 0.05) is 31.0 Å². The Kier molecular flexibility index (Phi) is 10.9. The van der Waals surface area contributed by atoms with Gasteiger partial charge in [-0.3, -0.25) is 14.4 Å². The van der Waals surface area contributed by atoms with Crippen molar-refractivity contribution in [3.8, 4) is 17.2 Å². The molecule has 2 atom stereocenters. The second-order valence-electron chi connectivity index (χ2n) is 8.50. The number of nitrogens with two attached hydrogens (primary N) is 1. The van der Waals surface area contributed by atoms with E-state index in [1.165, 1.54) is 26.3 Å². The molecule has 0 aliphatic carbocycles.